The Morgan fingerprint density at radius 3 is 1.25 bits per heavy atom. The zero-order valence-corrected chi connectivity index (χ0v) is 6.95. The topological polar surface area (TPSA) is 0 Å². The van der Waals surface area contributed by atoms with Gasteiger partial charge in [0.2, 0.25) is 0 Å². The molecule has 0 saturated heterocycles. The van der Waals surface area contributed by atoms with Crippen molar-refractivity contribution in [3.05, 3.63) is 0 Å². The molecule has 0 bridgehead atoms. The fourth-order valence-electron chi connectivity index (χ4n) is 0. The van der Waals surface area contributed by atoms with Crippen LogP contribution in [0.2, 0.25) is 0 Å². The minimum absolute atomic E-state index is 0. The van der Waals surface area contributed by atoms with Gasteiger partial charge in [-0.1, -0.05) is 0 Å². The van der Waals surface area contributed by atoms with Crippen molar-refractivity contribution in [3.8, 4) is 0 Å². The molecule has 0 aromatic carbocycles. The Kier molecular flexibility index (Phi) is 21.3. The molecule has 0 nitrogen and oxygen atoms in total. The first-order valence-electron chi connectivity index (χ1n) is 0.228. The fourth-order valence-corrected chi connectivity index (χ4v) is 0. The average Bonchev–Trinajstić information content (AvgIpc) is 0.918. The second-order valence-corrected chi connectivity index (χ2v) is 4.80. The van der Waals surface area contributed by atoms with E-state index in [2.05, 4.69) is 28.2 Å². The van der Waals surface area contributed by atoms with Gasteiger partial charge in [0.25, 0.3) is 0 Å². The molecule has 0 unspecified atom stereocenters. The van der Waals surface area contributed by atoms with Gasteiger partial charge in [0.1, 0.15) is 0 Å². The molecule has 4 heavy (non-hydrogen) atoms. The van der Waals surface area contributed by atoms with Crippen molar-refractivity contribution in [2.45, 2.75) is 0 Å². The van der Waals surface area contributed by atoms with Gasteiger partial charge in [0.15, 0.2) is 0 Å². The van der Waals surface area contributed by atoms with Crippen molar-refractivity contribution in [1.29, 1.82) is 0 Å². The van der Waals surface area contributed by atoms with Crippen LogP contribution in [0.4, 0.5) is 0 Å². The Morgan fingerprint density at radius 1 is 1.25 bits per heavy atom. The molecule has 36 valence electrons. The Balaban J connectivity index is 0. The Morgan fingerprint density at radius 2 is 1.25 bits per heavy atom. The van der Waals surface area contributed by atoms with E-state index in [0.29, 0.717) is 0 Å². The third kappa shape index (κ3) is 8.88. The zero-order valence-electron chi connectivity index (χ0n) is 1.36. The minimum atomic E-state index is 0. The molecule has 0 aliphatic carbocycles. The summed E-state index contributed by atoms with van der Waals surface area (Å²) in [5, 5.41) is 0. The third-order valence-corrected chi connectivity index (χ3v) is 0. The van der Waals surface area contributed by atoms with Crippen LogP contribution in [0.25, 0.3) is 0 Å². The first-order valence-corrected chi connectivity index (χ1v) is 4.88. The molecule has 0 N–H and O–H groups in total. The molecule has 0 rings (SSSR count). The van der Waals surface area contributed by atoms with Gasteiger partial charge in [-0.15, -0.1) is 0 Å². The average molecular weight is 331 g/mol. The summed E-state index contributed by atoms with van der Waals surface area (Å²) in [6.07, 6.45) is 0. The normalized spacial score (nSPS) is 5.50. The van der Waals surface area contributed by atoms with Crippen molar-refractivity contribution >= 4 is 28.2 Å². The van der Waals surface area contributed by atoms with Gasteiger partial charge < -0.3 is 0 Å². The molecule has 0 heterocycles. The molecule has 1 radical (unpaired) electrons. The molecular formula is AgBr2Cu. The molecule has 0 amide bonds. The van der Waals surface area contributed by atoms with E-state index in [9.17, 15) is 0 Å². The molecular weight excluding hydrogens is 331 g/mol. The molecule has 0 aromatic rings. The summed E-state index contributed by atoms with van der Waals surface area (Å²) < 4.78 is 0. The summed E-state index contributed by atoms with van der Waals surface area (Å²) in [4.78, 5) is 0. The van der Waals surface area contributed by atoms with Crippen LogP contribution in [-0.2, 0) is 33.7 Å². The SMILES string of the molecule is [Ag].[Br][Cu][Br]. The van der Waals surface area contributed by atoms with Crippen LogP contribution in [0, 0.1) is 0 Å². The quantitative estimate of drug-likeness (QED) is 0.593. The summed E-state index contributed by atoms with van der Waals surface area (Å²) in [5.41, 5.74) is 0. The summed E-state index contributed by atoms with van der Waals surface area (Å²) in [6.45, 7) is 0. The Bertz CT molecular complexity index is 6.00. The molecule has 0 aliphatic heterocycles. The van der Waals surface area contributed by atoms with Gasteiger partial charge in [0.05, 0.1) is 0 Å². The van der Waals surface area contributed by atoms with Gasteiger partial charge in [-0.3, -0.25) is 0 Å². The predicted molar refractivity (Wildman–Crippen MR) is 17.9 cm³/mol. The predicted octanol–water partition coefficient (Wildman–Crippen LogP) is 1.69. The van der Waals surface area contributed by atoms with Crippen LogP contribution in [0.3, 0.4) is 0 Å². The van der Waals surface area contributed by atoms with Crippen molar-refractivity contribution in [3.63, 3.8) is 0 Å². The Labute approximate surface area is 61.2 Å². The van der Waals surface area contributed by atoms with Gasteiger partial charge in [0, 0.05) is 22.4 Å². The number of rotatable bonds is 0. The number of halogens is 2. The van der Waals surface area contributed by atoms with Crippen LogP contribution in [0.15, 0.2) is 0 Å². The van der Waals surface area contributed by atoms with E-state index in [0.717, 1.165) is 0 Å². The second-order valence-electron chi connectivity index (χ2n) is 0.0431. The molecule has 0 spiro atoms. The van der Waals surface area contributed by atoms with E-state index < -0.39 is 0 Å². The number of hydrogen-bond acceptors (Lipinski definition) is 0. The van der Waals surface area contributed by atoms with E-state index in [1.807, 2.05) is 0 Å². The van der Waals surface area contributed by atoms with E-state index in [1.165, 1.54) is 11.3 Å². The van der Waals surface area contributed by atoms with E-state index in [1.54, 1.807) is 0 Å². The van der Waals surface area contributed by atoms with E-state index in [4.69, 9.17) is 0 Å². The van der Waals surface area contributed by atoms with Crippen LogP contribution in [0.1, 0.15) is 0 Å². The summed E-state index contributed by atoms with van der Waals surface area (Å²) in [7, 11) is 0. The van der Waals surface area contributed by atoms with E-state index in [-0.39, 0.29) is 22.4 Å². The molecule has 4 heteroatoms. The first kappa shape index (κ1) is 9.52. The maximum atomic E-state index is 2.97. The third-order valence-electron chi connectivity index (χ3n) is 0. The fraction of sp³-hybridized carbons (Fsp3) is 0. The van der Waals surface area contributed by atoms with Crippen LogP contribution in [0.5, 0.6) is 0 Å². The zero-order chi connectivity index (χ0) is 2.71. The molecule has 0 aromatic heterocycles. The summed E-state index contributed by atoms with van der Waals surface area (Å²) in [6, 6.07) is 0. The number of hydrogen-bond donors (Lipinski definition) is 0. The van der Waals surface area contributed by atoms with Gasteiger partial charge in [-0.2, -0.15) is 0 Å². The van der Waals surface area contributed by atoms with Crippen molar-refractivity contribution in [2.75, 3.05) is 0 Å². The standard InChI is InChI=1S/Ag.2BrH.Cu/h;2*1H;/q;;;+2/p-2. The van der Waals surface area contributed by atoms with Crippen LogP contribution >= 0.6 is 28.2 Å². The van der Waals surface area contributed by atoms with E-state index >= 15 is 0 Å². The molecule has 0 aliphatic rings. The Hall–Kier alpha value is 2.22. The van der Waals surface area contributed by atoms with Crippen molar-refractivity contribution in [2.24, 2.45) is 0 Å². The van der Waals surface area contributed by atoms with Gasteiger partial charge in [-0.25, -0.2) is 0 Å². The second kappa shape index (κ2) is 8.97. The molecule has 0 saturated carbocycles. The molecule has 0 fully saturated rings. The maximum absolute atomic E-state index is 2.97. The first-order chi connectivity index (χ1) is 1.41. The van der Waals surface area contributed by atoms with Crippen LogP contribution in [-0.4, -0.2) is 0 Å². The van der Waals surface area contributed by atoms with Gasteiger partial charge in [-0.05, 0) is 0 Å². The van der Waals surface area contributed by atoms with Gasteiger partial charge >= 0.3 is 39.6 Å². The monoisotopic (exact) mass is 328 g/mol. The molecule has 0 atom stereocenters. The summed E-state index contributed by atoms with van der Waals surface area (Å²) in [5.74, 6) is 0. The van der Waals surface area contributed by atoms with Crippen molar-refractivity contribution < 1.29 is 33.7 Å². The van der Waals surface area contributed by atoms with Crippen LogP contribution < -0.4 is 0 Å². The summed E-state index contributed by atoms with van der Waals surface area (Å²) >= 11 is 7.38. The van der Waals surface area contributed by atoms with Crippen molar-refractivity contribution in [1.82, 2.24) is 0 Å².